The molecule has 2 aromatic rings. The molecule has 0 spiro atoms. The molecular weight excluding hydrogens is 232 g/mol. The van der Waals surface area contributed by atoms with Crippen molar-refractivity contribution in [3.63, 3.8) is 0 Å². The van der Waals surface area contributed by atoms with Gasteiger partial charge in [0, 0.05) is 19.4 Å². The van der Waals surface area contributed by atoms with Gasteiger partial charge in [-0.05, 0) is 12.5 Å². The molecule has 2 heterocycles. The predicted octanol–water partition coefficient (Wildman–Crippen LogP) is 1.28. The largest absolute Gasteiger partial charge is 0.463 e. The summed E-state index contributed by atoms with van der Waals surface area (Å²) in [4.78, 5) is 12.6. The topological polar surface area (TPSA) is 77.8 Å². The highest BCUT2D eigenvalue weighted by Crippen LogP contribution is 2.10. The van der Waals surface area contributed by atoms with E-state index in [1.165, 1.54) is 0 Å². The molecule has 0 fully saturated rings. The number of rotatable bonds is 6. The molecule has 0 aliphatic carbocycles. The maximum atomic E-state index is 5.48. The van der Waals surface area contributed by atoms with Crippen molar-refractivity contribution in [2.45, 2.75) is 19.8 Å². The van der Waals surface area contributed by atoms with Crippen LogP contribution in [-0.4, -0.2) is 38.4 Å². The summed E-state index contributed by atoms with van der Waals surface area (Å²) in [6, 6.07) is 2.12. The average Bonchev–Trinajstić information content (AvgIpc) is 2.92. The van der Waals surface area contributed by atoms with Crippen molar-refractivity contribution in [3.8, 4) is 12.0 Å². The van der Waals surface area contributed by atoms with Crippen LogP contribution >= 0.6 is 0 Å². The third-order valence-electron chi connectivity index (χ3n) is 2.27. The third-order valence-corrected chi connectivity index (χ3v) is 2.27. The molecule has 0 atom stereocenters. The molecule has 7 nitrogen and oxygen atoms in total. The monoisotopic (exact) mass is 248 g/mol. The van der Waals surface area contributed by atoms with Crippen LogP contribution in [0.3, 0.4) is 0 Å². The van der Waals surface area contributed by atoms with E-state index < -0.39 is 0 Å². The lowest BCUT2D eigenvalue weighted by atomic mass is 10.4. The fourth-order valence-electron chi connectivity index (χ4n) is 1.32. The summed E-state index contributed by atoms with van der Waals surface area (Å²) in [6.45, 7) is 2.70. The van der Waals surface area contributed by atoms with Gasteiger partial charge in [-0.25, -0.2) is 4.68 Å². The molecule has 2 rings (SSSR count). The number of hydrogen-bond donors (Lipinski definition) is 1. The van der Waals surface area contributed by atoms with E-state index in [9.17, 15) is 0 Å². The third kappa shape index (κ3) is 2.93. The molecule has 18 heavy (non-hydrogen) atoms. The van der Waals surface area contributed by atoms with Crippen LogP contribution in [0.2, 0.25) is 0 Å². The molecule has 96 valence electrons. The highest BCUT2D eigenvalue weighted by atomic mass is 16.5. The first-order valence-electron chi connectivity index (χ1n) is 5.90. The summed E-state index contributed by atoms with van der Waals surface area (Å²) in [7, 11) is 1.75. The molecular formula is C11H16N6O. The average molecular weight is 248 g/mol. The Kier molecular flexibility index (Phi) is 4.06. The molecule has 7 heteroatoms. The van der Waals surface area contributed by atoms with Gasteiger partial charge in [-0.2, -0.15) is 20.1 Å². The first-order chi connectivity index (χ1) is 8.83. The molecule has 0 amide bonds. The van der Waals surface area contributed by atoms with E-state index in [-0.39, 0.29) is 0 Å². The van der Waals surface area contributed by atoms with Gasteiger partial charge in [0.2, 0.25) is 5.95 Å². The lowest BCUT2D eigenvalue weighted by molar-refractivity contribution is 0.284. The van der Waals surface area contributed by atoms with E-state index in [2.05, 4.69) is 32.3 Å². The van der Waals surface area contributed by atoms with E-state index >= 15 is 0 Å². The van der Waals surface area contributed by atoms with E-state index in [4.69, 9.17) is 4.74 Å². The minimum absolute atomic E-state index is 0.313. The Morgan fingerprint density at radius 1 is 1.33 bits per heavy atom. The molecule has 0 bridgehead atoms. The van der Waals surface area contributed by atoms with Gasteiger partial charge in [0.05, 0.1) is 6.61 Å². The molecule has 1 N–H and O–H groups in total. The Balaban J connectivity index is 2.22. The fourth-order valence-corrected chi connectivity index (χ4v) is 1.32. The number of unbranched alkanes of at least 4 members (excludes halogenated alkanes) is 1. The molecule has 0 radical (unpaired) electrons. The van der Waals surface area contributed by atoms with Gasteiger partial charge in [-0.15, -0.1) is 0 Å². The number of nitrogens with zero attached hydrogens (tertiary/aromatic N) is 5. The fraction of sp³-hybridized carbons (Fsp3) is 0.455. The zero-order valence-corrected chi connectivity index (χ0v) is 10.5. The summed E-state index contributed by atoms with van der Waals surface area (Å²) >= 11 is 0. The second-order valence-electron chi connectivity index (χ2n) is 3.64. The smallest absolute Gasteiger partial charge is 0.323 e. The van der Waals surface area contributed by atoms with Gasteiger partial charge in [-0.3, -0.25) is 0 Å². The minimum Gasteiger partial charge on any atom is -0.463 e. The van der Waals surface area contributed by atoms with Gasteiger partial charge in [0.15, 0.2) is 0 Å². The normalized spacial score (nSPS) is 10.3. The summed E-state index contributed by atoms with van der Waals surface area (Å²) < 4.78 is 7.05. The summed E-state index contributed by atoms with van der Waals surface area (Å²) in [5.41, 5.74) is 0. The van der Waals surface area contributed by atoms with Crippen molar-refractivity contribution in [2.75, 3.05) is 19.0 Å². The minimum atomic E-state index is 0.313. The highest BCUT2D eigenvalue weighted by Gasteiger charge is 2.08. The van der Waals surface area contributed by atoms with Crippen LogP contribution in [0.5, 0.6) is 6.01 Å². The molecule has 0 unspecified atom stereocenters. The van der Waals surface area contributed by atoms with Crippen molar-refractivity contribution in [1.29, 1.82) is 0 Å². The van der Waals surface area contributed by atoms with E-state index in [0.717, 1.165) is 12.8 Å². The number of nitrogens with one attached hydrogen (secondary N) is 1. The Hall–Kier alpha value is -2.18. The lowest BCUT2D eigenvalue weighted by Gasteiger charge is -2.07. The Morgan fingerprint density at radius 2 is 2.22 bits per heavy atom. The van der Waals surface area contributed by atoms with Crippen molar-refractivity contribution < 1.29 is 4.74 Å². The van der Waals surface area contributed by atoms with Gasteiger partial charge >= 0.3 is 6.01 Å². The highest BCUT2D eigenvalue weighted by molar-refractivity contribution is 5.28. The van der Waals surface area contributed by atoms with Gasteiger partial charge in [0.1, 0.15) is 0 Å². The maximum Gasteiger partial charge on any atom is 0.323 e. The van der Waals surface area contributed by atoms with E-state index in [1.54, 1.807) is 30.2 Å². The van der Waals surface area contributed by atoms with Crippen LogP contribution in [0.25, 0.3) is 5.95 Å². The SMILES string of the molecule is CCCCOc1nc(NC)nc(-n2cccn2)n1. The van der Waals surface area contributed by atoms with Crippen LogP contribution in [0.4, 0.5) is 5.95 Å². The van der Waals surface area contributed by atoms with Crippen LogP contribution in [-0.2, 0) is 0 Å². The van der Waals surface area contributed by atoms with Gasteiger partial charge in [-0.1, -0.05) is 13.3 Å². The zero-order valence-electron chi connectivity index (χ0n) is 10.5. The molecule has 0 saturated carbocycles. The Bertz CT molecular complexity index is 484. The van der Waals surface area contributed by atoms with Crippen molar-refractivity contribution >= 4 is 5.95 Å². The van der Waals surface area contributed by atoms with Gasteiger partial charge < -0.3 is 10.1 Å². The van der Waals surface area contributed by atoms with Crippen molar-refractivity contribution in [3.05, 3.63) is 18.5 Å². The first kappa shape index (κ1) is 12.3. The standard InChI is InChI=1S/C11H16N6O/c1-3-4-8-18-11-15-9(12-2)14-10(16-11)17-7-5-6-13-17/h5-7H,3-4,8H2,1-2H3,(H,12,14,15,16). The Morgan fingerprint density at radius 3 is 2.89 bits per heavy atom. The second kappa shape index (κ2) is 5.95. The van der Waals surface area contributed by atoms with E-state index in [0.29, 0.717) is 24.5 Å². The molecule has 2 aromatic heterocycles. The summed E-state index contributed by atoms with van der Waals surface area (Å²) in [5, 5.41) is 6.96. The molecule has 0 saturated heterocycles. The number of ether oxygens (including phenoxy) is 1. The maximum absolute atomic E-state index is 5.48. The number of anilines is 1. The van der Waals surface area contributed by atoms with Crippen LogP contribution in [0, 0.1) is 0 Å². The predicted molar refractivity (Wildman–Crippen MR) is 66.9 cm³/mol. The quantitative estimate of drug-likeness (QED) is 0.776. The van der Waals surface area contributed by atoms with Crippen LogP contribution in [0.15, 0.2) is 18.5 Å². The summed E-state index contributed by atoms with van der Waals surface area (Å²) in [6.07, 6.45) is 5.47. The molecule has 0 aliphatic rings. The zero-order chi connectivity index (χ0) is 12.8. The van der Waals surface area contributed by atoms with E-state index in [1.807, 2.05) is 0 Å². The molecule has 0 aromatic carbocycles. The van der Waals surface area contributed by atoms with Crippen LogP contribution < -0.4 is 10.1 Å². The van der Waals surface area contributed by atoms with Crippen molar-refractivity contribution in [2.24, 2.45) is 0 Å². The summed E-state index contributed by atoms with van der Waals surface area (Å²) in [5.74, 6) is 0.896. The Labute approximate surface area is 105 Å². The second-order valence-corrected chi connectivity index (χ2v) is 3.64. The van der Waals surface area contributed by atoms with Gasteiger partial charge in [0.25, 0.3) is 5.95 Å². The first-order valence-corrected chi connectivity index (χ1v) is 5.90. The van der Waals surface area contributed by atoms with Crippen molar-refractivity contribution in [1.82, 2.24) is 24.7 Å². The number of aromatic nitrogens is 5. The lowest BCUT2D eigenvalue weighted by Crippen LogP contribution is -2.10. The number of hydrogen-bond acceptors (Lipinski definition) is 6. The molecule has 0 aliphatic heterocycles. The van der Waals surface area contributed by atoms with Crippen LogP contribution in [0.1, 0.15) is 19.8 Å².